The van der Waals surface area contributed by atoms with Gasteiger partial charge in [0.25, 0.3) is 0 Å². The van der Waals surface area contributed by atoms with Crippen LogP contribution in [0.2, 0.25) is 0 Å². The van der Waals surface area contributed by atoms with Gasteiger partial charge in [0, 0.05) is 6.23 Å². The normalized spacial score (nSPS) is 27.2. The molecular formula is C12H25NO. The van der Waals surface area contributed by atoms with E-state index in [1.54, 1.807) is 0 Å². The summed E-state index contributed by atoms with van der Waals surface area (Å²) in [5.74, 6) is 0. The Hall–Kier alpha value is -0.0800. The highest BCUT2D eigenvalue weighted by Crippen LogP contribution is 2.23. The van der Waals surface area contributed by atoms with E-state index in [0.29, 0.717) is 0 Å². The van der Waals surface area contributed by atoms with Crippen LogP contribution in [0, 0.1) is 0 Å². The first kappa shape index (κ1) is 12.0. The number of likely N-dealkylation sites (tertiary alicyclic amines) is 1. The maximum atomic E-state index is 12.2. The van der Waals surface area contributed by atoms with Crippen molar-refractivity contribution in [2.24, 2.45) is 0 Å². The minimum Gasteiger partial charge on any atom is -0.806 e. The number of hydrogen-bond acceptors (Lipinski definition) is 1. The van der Waals surface area contributed by atoms with Crippen molar-refractivity contribution < 1.29 is 9.59 Å². The van der Waals surface area contributed by atoms with E-state index in [1.165, 1.54) is 12.8 Å². The van der Waals surface area contributed by atoms with Crippen molar-refractivity contribution in [3.05, 3.63) is 0 Å². The van der Waals surface area contributed by atoms with Crippen molar-refractivity contribution in [2.75, 3.05) is 19.6 Å². The Morgan fingerprint density at radius 2 is 1.71 bits per heavy atom. The third kappa shape index (κ3) is 2.71. The highest BCUT2D eigenvalue weighted by atomic mass is 16.3. The van der Waals surface area contributed by atoms with Crippen LogP contribution < -0.4 is 5.11 Å². The molecule has 0 aromatic carbocycles. The quantitative estimate of drug-likeness (QED) is 0.634. The summed E-state index contributed by atoms with van der Waals surface area (Å²) in [6, 6.07) is 0. The molecule has 0 radical (unpaired) electrons. The second-order valence-corrected chi connectivity index (χ2v) is 4.69. The Morgan fingerprint density at radius 3 is 2.29 bits per heavy atom. The van der Waals surface area contributed by atoms with E-state index in [2.05, 4.69) is 13.8 Å². The molecule has 1 rings (SSSR count). The Morgan fingerprint density at radius 1 is 1.07 bits per heavy atom. The van der Waals surface area contributed by atoms with Gasteiger partial charge in [0.15, 0.2) is 0 Å². The summed E-state index contributed by atoms with van der Waals surface area (Å²) in [6.45, 7) is 7.74. The Labute approximate surface area is 88.5 Å². The summed E-state index contributed by atoms with van der Waals surface area (Å²) < 4.78 is 0.868. The third-order valence-corrected chi connectivity index (χ3v) is 3.50. The molecule has 1 saturated heterocycles. The van der Waals surface area contributed by atoms with Gasteiger partial charge in [0.1, 0.15) is 0 Å². The smallest absolute Gasteiger partial charge is 0.0778 e. The molecule has 1 aliphatic rings. The molecule has 0 aromatic rings. The molecule has 1 fully saturated rings. The van der Waals surface area contributed by atoms with Crippen LogP contribution in [0.15, 0.2) is 0 Å². The van der Waals surface area contributed by atoms with E-state index in [-0.39, 0.29) is 6.23 Å². The predicted molar refractivity (Wildman–Crippen MR) is 57.7 cm³/mol. The maximum absolute atomic E-state index is 12.2. The fourth-order valence-corrected chi connectivity index (χ4v) is 2.85. The van der Waals surface area contributed by atoms with Gasteiger partial charge >= 0.3 is 0 Å². The fraction of sp³-hybridized carbons (Fsp3) is 1.00. The molecule has 1 atom stereocenters. The highest BCUT2D eigenvalue weighted by molar-refractivity contribution is 4.56. The molecule has 0 saturated carbocycles. The lowest BCUT2D eigenvalue weighted by Crippen LogP contribution is -2.61. The van der Waals surface area contributed by atoms with E-state index >= 15 is 0 Å². The van der Waals surface area contributed by atoms with Crippen molar-refractivity contribution in [3.63, 3.8) is 0 Å². The molecule has 2 heteroatoms. The molecule has 1 unspecified atom stereocenters. The predicted octanol–water partition coefficient (Wildman–Crippen LogP) is 1.88. The van der Waals surface area contributed by atoms with Crippen LogP contribution in [0.3, 0.4) is 0 Å². The van der Waals surface area contributed by atoms with Crippen molar-refractivity contribution in [1.82, 2.24) is 0 Å². The molecule has 2 nitrogen and oxygen atoms in total. The maximum Gasteiger partial charge on any atom is 0.0778 e. The molecule has 1 heterocycles. The van der Waals surface area contributed by atoms with E-state index in [9.17, 15) is 5.11 Å². The topological polar surface area (TPSA) is 23.1 Å². The van der Waals surface area contributed by atoms with Gasteiger partial charge < -0.3 is 9.59 Å². The number of nitrogens with zero attached hydrogens (tertiary/aromatic N) is 1. The highest BCUT2D eigenvalue weighted by Gasteiger charge is 2.29. The van der Waals surface area contributed by atoms with Gasteiger partial charge in [-0.15, -0.1) is 0 Å². The zero-order valence-corrected chi connectivity index (χ0v) is 9.80. The van der Waals surface area contributed by atoms with Crippen molar-refractivity contribution in [3.8, 4) is 0 Å². The second kappa shape index (κ2) is 5.72. The molecule has 0 amide bonds. The van der Waals surface area contributed by atoms with Gasteiger partial charge in [-0.3, -0.25) is 0 Å². The monoisotopic (exact) mass is 199 g/mol. The Bertz CT molecular complexity index is 152. The van der Waals surface area contributed by atoms with Gasteiger partial charge in [-0.25, -0.2) is 0 Å². The number of rotatable bonds is 4. The average molecular weight is 199 g/mol. The molecule has 14 heavy (non-hydrogen) atoms. The minimum atomic E-state index is -0.336. The summed E-state index contributed by atoms with van der Waals surface area (Å²) in [5, 5.41) is 12.2. The molecule has 1 aliphatic heterocycles. The van der Waals surface area contributed by atoms with E-state index in [1.807, 2.05) is 0 Å². The zero-order valence-electron chi connectivity index (χ0n) is 9.80. The number of hydrogen-bond donors (Lipinski definition) is 0. The molecule has 0 spiro atoms. The third-order valence-electron chi connectivity index (χ3n) is 3.50. The van der Waals surface area contributed by atoms with Crippen LogP contribution in [0.4, 0.5) is 0 Å². The van der Waals surface area contributed by atoms with Crippen LogP contribution in [-0.2, 0) is 0 Å². The van der Waals surface area contributed by atoms with Gasteiger partial charge in [-0.05, 0) is 38.5 Å². The lowest BCUT2D eigenvalue weighted by atomic mass is 10.2. The van der Waals surface area contributed by atoms with Crippen LogP contribution in [0.5, 0.6) is 0 Å². The summed E-state index contributed by atoms with van der Waals surface area (Å²) in [7, 11) is 0. The Balaban J connectivity index is 2.68. The van der Waals surface area contributed by atoms with Crippen molar-refractivity contribution >= 4 is 0 Å². The van der Waals surface area contributed by atoms with Gasteiger partial charge in [-0.1, -0.05) is 13.8 Å². The summed E-state index contributed by atoms with van der Waals surface area (Å²) in [5.41, 5.74) is 0. The molecule has 0 aliphatic carbocycles. The zero-order chi connectivity index (χ0) is 10.4. The SMILES string of the molecule is CCC[N+]1(CCC)CCCCCC1[O-]. The molecule has 0 aromatic heterocycles. The first-order valence-corrected chi connectivity index (χ1v) is 6.27. The summed E-state index contributed by atoms with van der Waals surface area (Å²) in [6.07, 6.45) is 6.56. The van der Waals surface area contributed by atoms with Gasteiger partial charge in [0.05, 0.1) is 19.6 Å². The van der Waals surface area contributed by atoms with E-state index < -0.39 is 0 Å². The lowest BCUT2D eigenvalue weighted by molar-refractivity contribution is -1.01. The first-order chi connectivity index (χ1) is 6.75. The van der Waals surface area contributed by atoms with Gasteiger partial charge in [-0.2, -0.15) is 0 Å². The molecular weight excluding hydrogens is 174 g/mol. The second-order valence-electron chi connectivity index (χ2n) is 4.69. The molecule has 0 bridgehead atoms. The van der Waals surface area contributed by atoms with E-state index in [0.717, 1.165) is 49.8 Å². The minimum absolute atomic E-state index is 0.336. The summed E-state index contributed by atoms with van der Waals surface area (Å²) in [4.78, 5) is 0. The fourth-order valence-electron chi connectivity index (χ4n) is 2.85. The molecule has 84 valence electrons. The lowest BCUT2D eigenvalue weighted by Gasteiger charge is -2.48. The van der Waals surface area contributed by atoms with Crippen LogP contribution in [-0.4, -0.2) is 30.3 Å². The van der Waals surface area contributed by atoms with Crippen molar-refractivity contribution in [2.45, 2.75) is 58.6 Å². The van der Waals surface area contributed by atoms with Gasteiger partial charge in [0.2, 0.25) is 0 Å². The van der Waals surface area contributed by atoms with Crippen molar-refractivity contribution in [1.29, 1.82) is 0 Å². The Kier molecular flexibility index (Phi) is 4.90. The average Bonchev–Trinajstić information content (AvgIpc) is 2.32. The largest absolute Gasteiger partial charge is 0.806 e. The van der Waals surface area contributed by atoms with Crippen LogP contribution in [0.25, 0.3) is 0 Å². The van der Waals surface area contributed by atoms with Crippen LogP contribution in [0.1, 0.15) is 52.4 Å². The standard InChI is InChI=1S/C12H25NO/c1-3-9-13(10-4-2)11-7-5-6-8-12(13)14/h12H,3-11H2,1-2H3. The number of quaternary nitrogens is 1. The summed E-state index contributed by atoms with van der Waals surface area (Å²) >= 11 is 0. The van der Waals surface area contributed by atoms with E-state index in [4.69, 9.17) is 0 Å². The molecule has 0 N–H and O–H groups in total. The van der Waals surface area contributed by atoms with Crippen LogP contribution >= 0.6 is 0 Å². The first-order valence-electron chi connectivity index (χ1n) is 6.27.